The van der Waals surface area contributed by atoms with E-state index in [2.05, 4.69) is 62.3 Å². The van der Waals surface area contributed by atoms with Crippen LogP contribution in [-0.2, 0) is 6.54 Å². The van der Waals surface area contributed by atoms with Crippen LogP contribution in [0.15, 0.2) is 24.3 Å². The normalized spacial score (nSPS) is 11.3. The molecular formula is C18H32N2O. The Morgan fingerprint density at radius 2 is 1.86 bits per heavy atom. The van der Waals surface area contributed by atoms with Crippen LogP contribution in [0.1, 0.15) is 39.2 Å². The maximum absolute atomic E-state index is 5.79. The van der Waals surface area contributed by atoms with E-state index in [4.69, 9.17) is 4.74 Å². The van der Waals surface area contributed by atoms with Gasteiger partial charge in [0, 0.05) is 13.1 Å². The first-order chi connectivity index (χ1) is 10.1. The zero-order chi connectivity index (χ0) is 15.5. The highest BCUT2D eigenvalue weighted by atomic mass is 16.5. The Labute approximate surface area is 130 Å². The molecule has 0 bridgehead atoms. The summed E-state index contributed by atoms with van der Waals surface area (Å²) in [5.41, 5.74) is 1.31. The topological polar surface area (TPSA) is 24.5 Å². The van der Waals surface area contributed by atoms with Gasteiger partial charge in [0.15, 0.2) is 0 Å². The van der Waals surface area contributed by atoms with Crippen molar-refractivity contribution in [3.05, 3.63) is 29.8 Å². The van der Waals surface area contributed by atoms with Crippen molar-refractivity contribution in [2.75, 3.05) is 33.3 Å². The van der Waals surface area contributed by atoms with Crippen molar-refractivity contribution >= 4 is 0 Å². The fraction of sp³-hybridized carbons (Fsp3) is 0.667. The second kappa shape index (κ2) is 10.6. The molecule has 0 aliphatic rings. The summed E-state index contributed by atoms with van der Waals surface area (Å²) in [4.78, 5) is 2.33. The van der Waals surface area contributed by atoms with Crippen molar-refractivity contribution in [3.63, 3.8) is 0 Å². The van der Waals surface area contributed by atoms with Gasteiger partial charge >= 0.3 is 0 Å². The zero-order valence-electron chi connectivity index (χ0n) is 14.2. The summed E-state index contributed by atoms with van der Waals surface area (Å²) in [6, 6.07) is 8.42. The van der Waals surface area contributed by atoms with Crippen LogP contribution in [0.25, 0.3) is 0 Å². The fourth-order valence-corrected chi connectivity index (χ4v) is 2.07. The van der Waals surface area contributed by atoms with Crippen LogP contribution in [-0.4, -0.2) is 38.2 Å². The van der Waals surface area contributed by atoms with Crippen LogP contribution in [0.5, 0.6) is 5.75 Å². The summed E-state index contributed by atoms with van der Waals surface area (Å²) < 4.78 is 5.79. The summed E-state index contributed by atoms with van der Waals surface area (Å²) >= 11 is 0. The molecule has 120 valence electrons. The van der Waals surface area contributed by atoms with E-state index in [-0.39, 0.29) is 0 Å². The summed E-state index contributed by atoms with van der Waals surface area (Å²) in [6.45, 7) is 11.6. The summed E-state index contributed by atoms with van der Waals surface area (Å²) in [7, 11) is 2.16. The SMILES string of the molecule is CCCCN(C)CCOc1ccc(CNCC(C)C)cc1. The first-order valence-electron chi connectivity index (χ1n) is 8.22. The molecule has 0 aromatic heterocycles. The van der Waals surface area contributed by atoms with Crippen molar-refractivity contribution in [2.24, 2.45) is 5.92 Å². The molecule has 0 atom stereocenters. The highest BCUT2D eigenvalue weighted by molar-refractivity contribution is 5.27. The minimum atomic E-state index is 0.692. The largest absolute Gasteiger partial charge is 0.492 e. The first-order valence-corrected chi connectivity index (χ1v) is 8.22. The Morgan fingerprint density at radius 1 is 1.14 bits per heavy atom. The minimum absolute atomic E-state index is 0.692. The molecular weight excluding hydrogens is 260 g/mol. The van der Waals surface area contributed by atoms with Gasteiger partial charge in [0.05, 0.1) is 0 Å². The molecule has 1 aromatic carbocycles. The Kier molecular flexibility index (Phi) is 9.11. The molecule has 0 amide bonds. The summed E-state index contributed by atoms with van der Waals surface area (Å²) in [5.74, 6) is 1.66. The highest BCUT2D eigenvalue weighted by Crippen LogP contribution is 2.12. The molecule has 0 saturated carbocycles. The van der Waals surface area contributed by atoms with Gasteiger partial charge in [-0.3, -0.25) is 0 Å². The van der Waals surface area contributed by atoms with Gasteiger partial charge in [0.1, 0.15) is 12.4 Å². The average Bonchev–Trinajstić information content (AvgIpc) is 2.46. The van der Waals surface area contributed by atoms with Gasteiger partial charge in [-0.25, -0.2) is 0 Å². The van der Waals surface area contributed by atoms with Gasteiger partial charge in [-0.15, -0.1) is 0 Å². The zero-order valence-corrected chi connectivity index (χ0v) is 14.2. The van der Waals surface area contributed by atoms with Gasteiger partial charge in [0.2, 0.25) is 0 Å². The Bertz CT molecular complexity index is 362. The number of hydrogen-bond donors (Lipinski definition) is 1. The Hall–Kier alpha value is -1.06. The molecule has 1 N–H and O–H groups in total. The lowest BCUT2D eigenvalue weighted by Crippen LogP contribution is -2.25. The maximum Gasteiger partial charge on any atom is 0.119 e. The molecule has 0 spiro atoms. The van der Waals surface area contributed by atoms with E-state index >= 15 is 0 Å². The van der Waals surface area contributed by atoms with Gasteiger partial charge in [-0.05, 0) is 50.2 Å². The van der Waals surface area contributed by atoms with Crippen molar-refractivity contribution in [2.45, 2.75) is 40.2 Å². The fourth-order valence-electron chi connectivity index (χ4n) is 2.07. The third-order valence-electron chi connectivity index (χ3n) is 3.44. The molecule has 0 unspecified atom stereocenters. The molecule has 21 heavy (non-hydrogen) atoms. The smallest absolute Gasteiger partial charge is 0.119 e. The molecule has 0 aliphatic carbocycles. The maximum atomic E-state index is 5.79. The van der Waals surface area contributed by atoms with Gasteiger partial charge < -0.3 is 15.0 Å². The number of hydrogen-bond acceptors (Lipinski definition) is 3. The van der Waals surface area contributed by atoms with Gasteiger partial charge in [-0.2, -0.15) is 0 Å². The van der Waals surface area contributed by atoms with Crippen LogP contribution < -0.4 is 10.1 Å². The summed E-state index contributed by atoms with van der Waals surface area (Å²) in [6.07, 6.45) is 2.51. The van der Waals surface area contributed by atoms with E-state index in [1.807, 2.05) is 0 Å². The predicted molar refractivity (Wildman–Crippen MR) is 90.9 cm³/mol. The Balaban J connectivity index is 2.21. The van der Waals surface area contributed by atoms with Gasteiger partial charge in [-0.1, -0.05) is 39.3 Å². The Morgan fingerprint density at radius 3 is 2.48 bits per heavy atom. The standard InChI is InChI=1S/C18H32N2O/c1-5-6-11-20(4)12-13-21-18-9-7-17(8-10-18)15-19-14-16(2)3/h7-10,16,19H,5-6,11-15H2,1-4H3. The van der Waals surface area contributed by atoms with Crippen LogP contribution in [0, 0.1) is 5.92 Å². The third kappa shape index (κ3) is 8.74. The van der Waals surface area contributed by atoms with Crippen LogP contribution in [0.2, 0.25) is 0 Å². The summed E-state index contributed by atoms with van der Waals surface area (Å²) in [5, 5.41) is 3.45. The highest BCUT2D eigenvalue weighted by Gasteiger charge is 2.00. The van der Waals surface area contributed by atoms with Crippen molar-refractivity contribution in [3.8, 4) is 5.75 Å². The minimum Gasteiger partial charge on any atom is -0.492 e. The number of likely N-dealkylation sites (N-methyl/N-ethyl adjacent to an activating group) is 1. The van der Waals surface area contributed by atoms with Crippen LogP contribution in [0.3, 0.4) is 0 Å². The average molecular weight is 292 g/mol. The molecule has 0 fully saturated rings. The number of nitrogens with one attached hydrogen (secondary N) is 1. The molecule has 3 nitrogen and oxygen atoms in total. The van der Waals surface area contributed by atoms with Crippen LogP contribution >= 0.6 is 0 Å². The predicted octanol–water partition coefficient (Wildman–Crippen LogP) is 3.54. The number of rotatable bonds is 11. The van der Waals surface area contributed by atoms with E-state index in [1.165, 1.54) is 18.4 Å². The lowest BCUT2D eigenvalue weighted by Gasteiger charge is -2.16. The number of nitrogens with zero attached hydrogens (tertiary/aromatic N) is 1. The number of benzene rings is 1. The molecule has 0 radical (unpaired) electrons. The second-order valence-corrected chi connectivity index (χ2v) is 6.17. The monoisotopic (exact) mass is 292 g/mol. The van der Waals surface area contributed by atoms with Crippen LogP contribution in [0.4, 0.5) is 0 Å². The van der Waals surface area contributed by atoms with E-state index in [0.717, 1.165) is 38.5 Å². The molecule has 0 aliphatic heterocycles. The third-order valence-corrected chi connectivity index (χ3v) is 3.44. The lowest BCUT2D eigenvalue weighted by atomic mass is 10.2. The first kappa shape index (κ1) is 18.0. The van der Waals surface area contributed by atoms with E-state index < -0.39 is 0 Å². The van der Waals surface area contributed by atoms with Crippen molar-refractivity contribution in [1.82, 2.24) is 10.2 Å². The molecule has 0 saturated heterocycles. The van der Waals surface area contributed by atoms with Crippen molar-refractivity contribution < 1.29 is 4.74 Å². The van der Waals surface area contributed by atoms with Crippen molar-refractivity contribution in [1.29, 1.82) is 0 Å². The molecule has 1 aromatic rings. The molecule has 3 heteroatoms. The molecule has 0 heterocycles. The second-order valence-electron chi connectivity index (χ2n) is 6.17. The van der Waals surface area contributed by atoms with E-state index in [0.29, 0.717) is 5.92 Å². The van der Waals surface area contributed by atoms with E-state index in [1.54, 1.807) is 0 Å². The number of ether oxygens (including phenoxy) is 1. The van der Waals surface area contributed by atoms with E-state index in [9.17, 15) is 0 Å². The lowest BCUT2D eigenvalue weighted by molar-refractivity contribution is 0.235. The number of unbranched alkanes of at least 4 members (excludes halogenated alkanes) is 1. The molecule has 1 rings (SSSR count). The quantitative estimate of drug-likeness (QED) is 0.675. The van der Waals surface area contributed by atoms with Gasteiger partial charge in [0.25, 0.3) is 0 Å².